The molecular weight excluding hydrogens is 314 g/mol. The van der Waals surface area contributed by atoms with Crippen LogP contribution in [-0.2, 0) is 14.2 Å². The van der Waals surface area contributed by atoms with Gasteiger partial charge in [-0.2, -0.15) is 0 Å². The van der Waals surface area contributed by atoms with Crippen molar-refractivity contribution in [3.05, 3.63) is 0 Å². The highest BCUT2D eigenvalue weighted by molar-refractivity contribution is 4.91. The maximum atomic E-state index is 6.36. The number of morpholine rings is 1. The van der Waals surface area contributed by atoms with E-state index in [4.69, 9.17) is 14.2 Å². The van der Waals surface area contributed by atoms with E-state index in [-0.39, 0.29) is 5.79 Å². The topological polar surface area (TPSA) is 30.9 Å². The Morgan fingerprint density at radius 1 is 0.960 bits per heavy atom. The minimum atomic E-state index is -0.302. The summed E-state index contributed by atoms with van der Waals surface area (Å²) in [5.74, 6) is 1.20. The first-order chi connectivity index (χ1) is 11.7. The predicted octanol–water partition coefficient (Wildman–Crippen LogP) is 4.08. The third kappa shape index (κ3) is 4.23. The van der Waals surface area contributed by atoms with E-state index in [9.17, 15) is 0 Å². The average molecular weight is 354 g/mol. The van der Waals surface area contributed by atoms with Gasteiger partial charge in [0.25, 0.3) is 0 Å². The highest BCUT2D eigenvalue weighted by atomic mass is 16.7. The molecule has 0 aromatic rings. The van der Waals surface area contributed by atoms with E-state index in [2.05, 4.69) is 46.4 Å². The lowest BCUT2D eigenvalue weighted by molar-refractivity contribution is -0.304. The van der Waals surface area contributed by atoms with Crippen LogP contribution in [0.3, 0.4) is 0 Å². The maximum absolute atomic E-state index is 6.36. The molecule has 4 nitrogen and oxygen atoms in total. The summed E-state index contributed by atoms with van der Waals surface area (Å²) in [6.45, 7) is 17.5. The van der Waals surface area contributed by atoms with Gasteiger partial charge in [0.1, 0.15) is 0 Å². The summed E-state index contributed by atoms with van der Waals surface area (Å²) in [6.07, 6.45) is 5.15. The molecule has 0 aromatic heterocycles. The molecule has 0 amide bonds. The Balaban J connectivity index is 1.51. The van der Waals surface area contributed by atoms with E-state index in [1.165, 1.54) is 12.8 Å². The van der Waals surface area contributed by atoms with Crippen LogP contribution in [0.4, 0.5) is 0 Å². The molecule has 3 aliphatic rings. The van der Waals surface area contributed by atoms with Gasteiger partial charge in [0, 0.05) is 25.9 Å². The van der Waals surface area contributed by atoms with Crippen LogP contribution >= 0.6 is 0 Å². The molecule has 0 N–H and O–H groups in total. The van der Waals surface area contributed by atoms with Gasteiger partial charge in [-0.1, -0.05) is 27.7 Å². The van der Waals surface area contributed by atoms with Crippen molar-refractivity contribution in [2.24, 2.45) is 17.3 Å². The zero-order chi connectivity index (χ0) is 18.2. The fourth-order valence-electron chi connectivity index (χ4n) is 4.87. The smallest absolute Gasteiger partial charge is 0.168 e. The van der Waals surface area contributed by atoms with Gasteiger partial charge in [-0.05, 0) is 43.9 Å². The Hall–Kier alpha value is -0.160. The predicted molar refractivity (Wildman–Crippen MR) is 101 cm³/mol. The summed E-state index contributed by atoms with van der Waals surface area (Å²) in [5.41, 5.74) is 0.402. The zero-order valence-electron chi connectivity index (χ0n) is 17.2. The van der Waals surface area contributed by atoms with E-state index in [1.54, 1.807) is 0 Å². The fraction of sp³-hybridized carbons (Fsp3) is 1.00. The van der Waals surface area contributed by atoms with Gasteiger partial charge in [-0.15, -0.1) is 0 Å². The molecule has 1 spiro atoms. The molecule has 2 saturated heterocycles. The quantitative estimate of drug-likeness (QED) is 0.765. The summed E-state index contributed by atoms with van der Waals surface area (Å²) in [4.78, 5) is 2.50. The SMILES string of the molecule is CC1CN(C2COC3(CCC(C(C)(C)C(C)C)CC3)OC2)CC(C)O1. The van der Waals surface area contributed by atoms with Crippen LogP contribution in [0.15, 0.2) is 0 Å². The van der Waals surface area contributed by atoms with Gasteiger partial charge in [0.2, 0.25) is 0 Å². The van der Waals surface area contributed by atoms with Gasteiger partial charge in [-0.3, -0.25) is 4.90 Å². The molecule has 2 unspecified atom stereocenters. The summed E-state index contributed by atoms with van der Waals surface area (Å²) in [6, 6.07) is 0.379. The second-order valence-electron chi connectivity index (χ2n) is 9.65. The first-order valence-electron chi connectivity index (χ1n) is 10.4. The van der Waals surface area contributed by atoms with Crippen LogP contribution in [0.5, 0.6) is 0 Å². The molecule has 3 fully saturated rings. The third-order valence-electron chi connectivity index (χ3n) is 7.33. The summed E-state index contributed by atoms with van der Waals surface area (Å²) >= 11 is 0. The van der Waals surface area contributed by atoms with Gasteiger partial charge in [0.15, 0.2) is 5.79 Å². The van der Waals surface area contributed by atoms with Crippen molar-refractivity contribution in [3.8, 4) is 0 Å². The number of hydrogen-bond donors (Lipinski definition) is 0. The Labute approximate surface area is 154 Å². The van der Waals surface area contributed by atoms with E-state index in [1.807, 2.05) is 0 Å². The molecule has 3 rings (SSSR count). The van der Waals surface area contributed by atoms with Crippen molar-refractivity contribution < 1.29 is 14.2 Å². The number of hydrogen-bond acceptors (Lipinski definition) is 4. The Morgan fingerprint density at radius 2 is 1.48 bits per heavy atom. The van der Waals surface area contributed by atoms with Gasteiger partial charge in [0.05, 0.1) is 31.5 Å². The molecule has 25 heavy (non-hydrogen) atoms. The normalized spacial score (nSPS) is 41.4. The summed E-state index contributed by atoms with van der Waals surface area (Å²) in [7, 11) is 0. The molecule has 0 aromatic carbocycles. The van der Waals surface area contributed by atoms with Crippen molar-refractivity contribution in [2.45, 2.75) is 91.3 Å². The molecule has 0 bridgehead atoms. The van der Waals surface area contributed by atoms with Crippen molar-refractivity contribution >= 4 is 0 Å². The minimum absolute atomic E-state index is 0.299. The van der Waals surface area contributed by atoms with Gasteiger partial charge < -0.3 is 14.2 Å². The van der Waals surface area contributed by atoms with E-state index in [0.29, 0.717) is 23.7 Å². The minimum Gasteiger partial charge on any atom is -0.373 e. The average Bonchev–Trinajstić information content (AvgIpc) is 2.55. The third-order valence-corrected chi connectivity index (χ3v) is 7.33. The first-order valence-corrected chi connectivity index (χ1v) is 10.4. The lowest BCUT2D eigenvalue weighted by Crippen LogP contribution is -2.58. The molecule has 1 saturated carbocycles. The maximum Gasteiger partial charge on any atom is 0.168 e. The zero-order valence-corrected chi connectivity index (χ0v) is 17.2. The van der Waals surface area contributed by atoms with Crippen LogP contribution < -0.4 is 0 Å². The Bertz CT molecular complexity index is 422. The largest absolute Gasteiger partial charge is 0.373 e. The second kappa shape index (κ2) is 7.46. The van der Waals surface area contributed by atoms with Crippen LogP contribution in [-0.4, -0.2) is 55.2 Å². The van der Waals surface area contributed by atoms with Gasteiger partial charge in [-0.25, -0.2) is 0 Å². The van der Waals surface area contributed by atoms with Gasteiger partial charge >= 0.3 is 0 Å². The second-order valence-corrected chi connectivity index (χ2v) is 9.65. The van der Waals surface area contributed by atoms with Crippen molar-refractivity contribution in [1.82, 2.24) is 4.90 Å². The molecule has 4 heteroatoms. The van der Waals surface area contributed by atoms with Crippen LogP contribution in [0.25, 0.3) is 0 Å². The molecule has 1 aliphatic carbocycles. The number of ether oxygens (including phenoxy) is 3. The first kappa shape index (κ1) is 19.6. The summed E-state index contributed by atoms with van der Waals surface area (Å²) < 4.78 is 18.6. The van der Waals surface area contributed by atoms with Crippen molar-refractivity contribution in [3.63, 3.8) is 0 Å². The van der Waals surface area contributed by atoms with E-state index in [0.717, 1.165) is 51.0 Å². The van der Waals surface area contributed by atoms with Crippen LogP contribution in [0.2, 0.25) is 0 Å². The Kier molecular flexibility index (Phi) is 5.85. The fourth-order valence-corrected chi connectivity index (χ4v) is 4.87. The van der Waals surface area contributed by atoms with E-state index >= 15 is 0 Å². The number of rotatable bonds is 3. The van der Waals surface area contributed by atoms with E-state index < -0.39 is 0 Å². The molecule has 2 atom stereocenters. The molecular formula is C21H39NO3. The molecule has 2 heterocycles. The molecule has 2 aliphatic heterocycles. The van der Waals surface area contributed by atoms with Crippen LogP contribution in [0, 0.1) is 17.3 Å². The van der Waals surface area contributed by atoms with Crippen molar-refractivity contribution in [2.75, 3.05) is 26.3 Å². The lowest BCUT2D eigenvalue weighted by atomic mass is 9.64. The lowest BCUT2D eigenvalue weighted by Gasteiger charge is -2.50. The Morgan fingerprint density at radius 3 is 1.96 bits per heavy atom. The highest BCUT2D eigenvalue weighted by Crippen LogP contribution is 2.47. The van der Waals surface area contributed by atoms with Crippen LogP contribution in [0.1, 0.15) is 67.2 Å². The standard InChI is InChI=1S/C21H39NO3/c1-15(2)20(5,6)18-7-9-21(10-8-18)23-13-19(14-24-21)22-11-16(3)25-17(4)12-22/h15-19H,7-14H2,1-6H3. The highest BCUT2D eigenvalue weighted by Gasteiger charge is 2.46. The monoisotopic (exact) mass is 353 g/mol. The summed E-state index contributed by atoms with van der Waals surface area (Å²) in [5, 5.41) is 0. The molecule has 146 valence electrons. The number of nitrogens with zero attached hydrogens (tertiary/aromatic N) is 1. The molecule has 0 radical (unpaired) electrons. The van der Waals surface area contributed by atoms with Crippen molar-refractivity contribution in [1.29, 1.82) is 0 Å².